The van der Waals surface area contributed by atoms with Gasteiger partial charge in [-0.3, -0.25) is 4.79 Å². The first-order valence-electron chi connectivity index (χ1n) is 9.59. The molecule has 2 unspecified atom stereocenters. The van der Waals surface area contributed by atoms with Crippen LogP contribution in [-0.4, -0.2) is 55.8 Å². The summed E-state index contributed by atoms with van der Waals surface area (Å²) in [6.45, 7) is 3.95. The van der Waals surface area contributed by atoms with Gasteiger partial charge in [-0.2, -0.15) is 4.31 Å². The zero-order valence-electron chi connectivity index (χ0n) is 15.7. The van der Waals surface area contributed by atoms with Crippen molar-refractivity contribution >= 4 is 15.9 Å². The largest absolute Gasteiger partial charge is 0.342 e. The lowest BCUT2D eigenvalue weighted by molar-refractivity contribution is -0.138. The van der Waals surface area contributed by atoms with Crippen LogP contribution in [0.25, 0.3) is 0 Å². The van der Waals surface area contributed by atoms with Crippen LogP contribution in [-0.2, 0) is 14.8 Å². The Morgan fingerprint density at radius 1 is 1.15 bits per heavy atom. The van der Waals surface area contributed by atoms with E-state index in [1.165, 1.54) is 16.4 Å². The zero-order chi connectivity index (χ0) is 19.6. The second-order valence-corrected chi connectivity index (χ2v) is 9.62. The lowest BCUT2D eigenvalue weighted by Crippen LogP contribution is -2.49. The Balaban J connectivity index is 1.65. The van der Waals surface area contributed by atoms with E-state index in [0.29, 0.717) is 38.4 Å². The highest BCUT2D eigenvalue weighted by molar-refractivity contribution is 7.89. The number of nitrogens with two attached hydrogens (primary N) is 1. The lowest BCUT2D eigenvalue weighted by Gasteiger charge is -2.38. The van der Waals surface area contributed by atoms with Crippen LogP contribution >= 0.6 is 0 Å². The summed E-state index contributed by atoms with van der Waals surface area (Å²) in [5.41, 5.74) is 5.96. The molecule has 1 aromatic carbocycles. The third kappa shape index (κ3) is 4.50. The highest BCUT2D eigenvalue weighted by Crippen LogP contribution is 2.27. The average Bonchev–Trinajstić information content (AvgIpc) is 2.68. The molecular formula is C19H28FN3O3S. The summed E-state index contributed by atoms with van der Waals surface area (Å²) in [4.78, 5) is 14.8. The molecule has 0 bridgehead atoms. The van der Waals surface area contributed by atoms with Crippen LogP contribution in [0.4, 0.5) is 4.39 Å². The lowest BCUT2D eigenvalue weighted by atomic mass is 9.89. The van der Waals surface area contributed by atoms with Gasteiger partial charge in [-0.15, -0.1) is 0 Å². The quantitative estimate of drug-likeness (QED) is 0.840. The molecular weight excluding hydrogens is 369 g/mol. The van der Waals surface area contributed by atoms with Gasteiger partial charge in [0.1, 0.15) is 5.82 Å². The van der Waals surface area contributed by atoms with Crippen molar-refractivity contribution in [1.29, 1.82) is 0 Å². The molecule has 2 aliphatic rings. The van der Waals surface area contributed by atoms with Crippen LogP contribution in [0, 0.1) is 17.7 Å². The Morgan fingerprint density at radius 2 is 1.78 bits per heavy atom. The van der Waals surface area contributed by atoms with Crippen molar-refractivity contribution in [3.63, 3.8) is 0 Å². The molecule has 2 N–H and O–H groups in total. The van der Waals surface area contributed by atoms with E-state index in [-0.39, 0.29) is 29.3 Å². The van der Waals surface area contributed by atoms with E-state index >= 15 is 0 Å². The molecule has 8 heteroatoms. The Labute approximate surface area is 160 Å². The Kier molecular flexibility index (Phi) is 6.18. The van der Waals surface area contributed by atoms with Crippen LogP contribution in [0.5, 0.6) is 0 Å². The number of benzene rings is 1. The van der Waals surface area contributed by atoms with Gasteiger partial charge in [-0.05, 0) is 62.8 Å². The average molecular weight is 398 g/mol. The number of sulfonamides is 1. The van der Waals surface area contributed by atoms with Crippen molar-refractivity contribution < 1.29 is 17.6 Å². The van der Waals surface area contributed by atoms with Crippen LogP contribution < -0.4 is 5.73 Å². The number of piperidine rings is 2. The molecule has 3 rings (SSSR count). The molecule has 0 radical (unpaired) electrons. The van der Waals surface area contributed by atoms with Gasteiger partial charge < -0.3 is 10.6 Å². The number of hydrogen-bond donors (Lipinski definition) is 1. The maximum absolute atomic E-state index is 13.1. The van der Waals surface area contributed by atoms with Gasteiger partial charge in [0.15, 0.2) is 0 Å². The standard InChI is InChI=1S/C19H28FN3O3S/c1-14(21)15-8-11-22(12-9-15)19(24)16-3-2-10-23(13-16)27(25,26)18-6-4-17(20)5-7-18/h4-7,14-16H,2-3,8-13,21H2,1H3. The fourth-order valence-electron chi connectivity index (χ4n) is 4.02. The molecule has 1 amide bonds. The normalized spacial score (nSPS) is 24.0. The van der Waals surface area contributed by atoms with E-state index in [2.05, 4.69) is 0 Å². The smallest absolute Gasteiger partial charge is 0.243 e. The van der Waals surface area contributed by atoms with Gasteiger partial charge in [-0.1, -0.05) is 0 Å². The monoisotopic (exact) mass is 397 g/mol. The number of carbonyl (C=O) groups excluding carboxylic acids is 1. The van der Waals surface area contributed by atoms with Gasteiger partial charge in [0, 0.05) is 32.2 Å². The molecule has 150 valence electrons. The van der Waals surface area contributed by atoms with Crippen LogP contribution in [0.15, 0.2) is 29.2 Å². The number of likely N-dealkylation sites (tertiary alicyclic amines) is 1. The number of halogens is 1. The minimum absolute atomic E-state index is 0.0390. The molecule has 2 atom stereocenters. The van der Waals surface area contributed by atoms with Gasteiger partial charge in [0.05, 0.1) is 10.8 Å². The first-order chi connectivity index (χ1) is 12.8. The Bertz CT molecular complexity index is 759. The predicted molar refractivity (Wildman–Crippen MR) is 101 cm³/mol. The summed E-state index contributed by atoms with van der Waals surface area (Å²) >= 11 is 0. The number of amides is 1. The summed E-state index contributed by atoms with van der Waals surface area (Å²) in [7, 11) is -3.72. The molecule has 6 nitrogen and oxygen atoms in total. The van der Waals surface area contributed by atoms with Crippen molar-refractivity contribution in [2.24, 2.45) is 17.6 Å². The first-order valence-corrected chi connectivity index (χ1v) is 11.0. The highest BCUT2D eigenvalue weighted by Gasteiger charge is 2.36. The molecule has 2 saturated heterocycles. The van der Waals surface area contributed by atoms with E-state index in [1.807, 2.05) is 11.8 Å². The molecule has 27 heavy (non-hydrogen) atoms. The summed E-state index contributed by atoms with van der Waals surface area (Å²) in [5, 5.41) is 0. The molecule has 0 saturated carbocycles. The minimum atomic E-state index is -3.72. The second-order valence-electron chi connectivity index (χ2n) is 7.68. The van der Waals surface area contributed by atoms with E-state index in [0.717, 1.165) is 25.0 Å². The van der Waals surface area contributed by atoms with E-state index in [9.17, 15) is 17.6 Å². The van der Waals surface area contributed by atoms with Crippen molar-refractivity contribution in [3.8, 4) is 0 Å². The molecule has 0 spiro atoms. The van der Waals surface area contributed by atoms with Crippen LogP contribution in [0.1, 0.15) is 32.6 Å². The number of nitrogens with zero attached hydrogens (tertiary/aromatic N) is 2. The van der Waals surface area contributed by atoms with Crippen molar-refractivity contribution in [3.05, 3.63) is 30.1 Å². The third-order valence-electron chi connectivity index (χ3n) is 5.78. The van der Waals surface area contributed by atoms with E-state index < -0.39 is 15.8 Å². The van der Waals surface area contributed by atoms with Gasteiger partial charge >= 0.3 is 0 Å². The maximum atomic E-state index is 13.1. The predicted octanol–water partition coefficient (Wildman–Crippen LogP) is 1.81. The molecule has 0 aliphatic carbocycles. The highest BCUT2D eigenvalue weighted by atomic mass is 32.2. The Morgan fingerprint density at radius 3 is 2.37 bits per heavy atom. The molecule has 0 aromatic heterocycles. The number of rotatable bonds is 4. The van der Waals surface area contributed by atoms with Gasteiger partial charge in [0.25, 0.3) is 0 Å². The van der Waals surface area contributed by atoms with Crippen molar-refractivity contribution in [2.75, 3.05) is 26.2 Å². The van der Waals surface area contributed by atoms with Gasteiger partial charge in [0.2, 0.25) is 15.9 Å². The SMILES string of the molecule is CC(N)C1CCN(C(=O)C2CCCN(S(=O)(=O)c3ccc(F)cc3)C2)CC1. The van der Waals surface area contributed by atoms with E-state index in [4.69, 9.17) is 5.73 Å². The third-order valence-corrected chi connectivity index (χ3v) is 7.66. The first kappa shape index (κ1) is 20.2. The van der Waals surface area contributed by atoms with Crippen LogP contribution in [0.3, 0.4) is 0 Å². The fourth-order valence-corrected chi connectivity index (χ4v) is 5.55. The summed E-state index contributed by atoms with van der Waals surface area (Å²) in [5.74, 6) is -0.315. The van der Waals surface area contributed by atoms with Crippen molar-refractivity contribution in [1.82, 2.24) is 9.21 Å². The summed E-state index contributed by atoms with van der Waals surface area (Å²) < 4.78 is 40.1. The zero-order valence-corrected chi connectivity index (χ0v) is 16.5. The van der Waals surface area contributed by atoms with Crippen LogP contribution in [0.2, 0.25) is 0 Å². The van der Waals surface area contributed by atoms with E-state index in [1.54, 1.807) is 0 Å². The maximum Gasteiger partial charge on any atom is 0.243 e. The number of hydrogen-bond acceptors (Lipinski definition) is 4. The fraction of sp³-hybridized carbons (Fsp3) is 0.632. The summed E-state index contributed by atoms with van der Waals surface area (Å²) in [6.07, 6.45) is 3.13. The molecule has 2 fully saturated rings. The van der Waals surface area contributed by atoms with Gasteiger partial charge in [-0.25, -0.2) is 12.8 Å². The molecule has 1 aromatic rings. The number of carbonyl (C=O) groups is 1. The molecule has 2 aliphatic heterocycles. The Hall–Kier alpha value is -1.51. The second kappa shape index (κ2) is 8.24. The minimum Gasteiger partial charge on any atom is -0.342 e. The molecule has 2 heterocycles. The topological polar surface area (TPSA) is 83.7 Å². The summed E-state index contributed by atoms with van der Waals surface area (Å²) in [6, 6.07) is 4.96. The van der Waals surface area contributed by atoms with Crippen molar-refractivity contribution in [2.45, 2.75) is 43.5 Å².